The van der Waals surface area contributed by atoms with E-state index in [1.807, 2.05) is 0 Å². The first-order chi connectivity index (χ1) is 11.3. The number of hydrogen-bond acceptors (Lipinski definition) is 6. The summed E-state index contributed by atoms with van der Waals surface area (Å²) in [4.78, 5) is 45.2. The Morgan fingerprint density at radius 2 is 1.58 bits per heavy atom. The highest BCUT2D eigenvalue weighted by Gasteiger charge is 2.10. The molecule has 0 aliphatic rings. The highest BCUT2D eigenvalue weighted by Crippen LogP contribution is 2.11. The molecule has 0 unspecified atom stereocenters. The van der Waals surface area contributed by atoms with Gasteiger partial charge in [0.25, 0.3) is 0 Å². The van der Waals surface area contributed by atoms with Crippen LogP contribution in [0.15, 0.2) is 36.4 Å². The molecular weight excluding hydrogens is 314 g/mol. The quantitative estimate of drug-likeness (QED) is 0.337. The number of nitrogens with one attached hydrogen (secondary N) is 1. The number of ketones is 1. The summed E-state index contributed by atoms with van der Waals surface area (Å²) in [5.41, 5.74) is 1.02. The summed E-state index contributed by atoms with van der Waals surface area (Å²) >= 11 is 0. The van der Waals surface area contributed by atoms with E-state index in [0.717, 1.165) is 0 Å². The van der Waals surface area contributed by atoms with Gasteiger partial charge in [-0.2, -0.15) is 0 Å². The van der Waals surface area contributed by atoms with E-state index in [1.165, 1.54) is 38.1 Å². The minimum atomic E-state index is -0.581. The maximum atomic E-state index is 11.8. The van der Waals surface area contributed by atoms with E-state index in [-0.39, 0.29) is 36.6 Å². The van der Waals surface area contributed by atoms with Crippen LogP contribution < -0.4 is 5.32 Å². The van der Waals surface area contributed by atoms with Crippen molar-refractivity contribution in [1.82, 2.24) is 0 Å². The van der Waals surface area contributed by atoms with Crippen LogP contribution in [-0.2, 0) is 23.9 Å². The Balaban J connectivity index is 2.43. The fourth-order valence-corrected chi connectivity index (χ4v) is 1.60. The molecule has 0 aromatic heterocycles. The Kier molecular flexibility index (Phi) is 7.35. The number of benzene rings is 1. The van der Waals surface area contributed by atoms with Crippen molar-refractivity contribution in [3.63, 3.8) is 0 Å². The number of carbonyl (C=O) groups is 4. The molecule has 0 fully saturated rings. The second-order valence-electron chi connectivity index (χ2n) is 5.06. The zero-order valence-corrected chi connectivity index (χ0v) is 13.6. The van der Waals surface area contributed by atoms with E-state index in [2.05, 4.69) is 11.9 Å². The van der Waals surface area contributed by atoms with Crippen molar-refractivity contribution in [2.45, 2.75) is 20.3 Å². The predicted octanol–water partition coefficient (Wildman–Crippen LogP) is 1.88. The summed E-state index contributed by atoms with van der Waals surface area (Å²) in [5, 5.41) is 2.54. The molecule has 0 saturated carbocycles. The second-order valence-corrected chi connectivity index (χ2v) is 5.06. The zero-order chi connectivity index (χ0) is 18.1. The lowest BCUT2D eigenvalue weighted by atomic mass is 10.2. The second kappa shape index (κ2) is 9.24. The molecule has 0 aliphatic heterocycles. The number of carbonyl (C=O) groups excluding carboxylic acids is 4. The van der Waals surface area contributed by atoms with Gasteiger partial charge < -0.3 is 14.8 Å². The fourth-order valence-electron chi connectivity index (χ4n) is 1.60. The number of Topliss-reactive ketones (excluding diaryl/α,β-unsaturated/α-hetero) is 1. The maximum Gasteiger partial charge on any atom is 0.338 e. The summed E-state index contributed by atoms with van der Waals surface area (Å²) in [6, 6.07) is 6.00. The zero-order valence-electron chi connectivity index (χ0n) is 13.6. The number of esters is 2. The highest BCUT2D eigenvalue weighted by atomic mass is 16.6. The third-order valence-corrected chi connectivity index (χ3v) is 2.71. The number of rotatable bonds is 8. The Bertz CT molecular complexity index is 648. The Morgan fingerprint density at radius 3 is 2.12 bits per heavy atom. The molecule has 0 heterocycles. The summed E-state index contributed by atoms with van der Waals surface area (Å²) in [7, 11) is 0. The molecule has 7 heteroatoms. The van der Waals surface area contributed by atoms with Gasteiger partial charge in [-0.15, -0.1) is 0 Å². The van der Waals surface area contributed by atoms with Crippen LogP contribution in [0.4, 0.5) is 5.69 Å². The van der Waals surface area contributed by atoms with Crippen molar-refractivity contribution in [1.29, 1.82) is 0 Å². The first-order valence-electron chi connectivity index (χ1n) is 7.18. The third kappa shape index (κ3) is 6.87. The molecule has 0 saturated heterocycles. The van der Waals surface area contributed by atoms with Crippen molar-refractivity contribution in [3.8, 4) is 0 Å². The Hall–Kier alpha value is -2.96. The predicted molar refractivity (Wildman–Crippen MR) is 86.4 cm³/mol. The summed E-state index contributed by atoms with van der Waals surface area (Å²) in [5.74, 6) is -1.78. The average molecular weight is 333 g/mol. The molecule has 1 rings (SSSR count). The van der Waals surface area contributed by atoms with Gasteiger partial charge in [0.15, 0.2) is 0 Å². The number of amides is 1. The summed E-state index contributed by atoms with van der Waals surface area (Å²) < 4.78 is 9.75. The molecule has 24 heavy (non-hydrogen) atoms. The first kappa shape index (κ1) is 19.1. The van der Waals surface area contributed by atoms with Gasteiger partial charge in [-0.1, -0.05) is 6.58 Å². The van der Waals surface area contributed by atoms with Crippen LogP contribution in [0.25, 0.3) is 0 Å². The van der Waals surface area contributed by atoms with E-state index in [0.29, 0.717) is 5.69 Å². The van der Waals surface area contributed by atoms with Gasteiger partial charge >= 0.3 is 11.9 Å². The molecule has 7 nitrogen and oxygen atoms in total. The van der Waals surface area contributed by atoms with Crippen LogP contribution in [0.5, 0.6) is 0 Å². The third-order valence-electron chi connectivity index (χ3n) is 2.71. The summed E-state index contributed by atoms with van der Waals surface area (Å²) in [6.45, 7) is 6.14. The van der Waals surface area contributed by atoms with Gasteiger partial charge in [-0.3, -0.25) is 9.59 Å². The van der Waals surface area contributed by atoms with Gasteiger partial charge in [-0.05, 0) is 38.1 Å². The molecule has 0 radical (unpaired) electrons. The van der Waals surface area contributed by atoms with E-state index in [4.69, 9.17) is 9.47 Å². The minimum absolute atomic E-state index is 0.0589. The van der Waals surface area contributed by atoms with Crippen molar-refractivity contribution < 1.29 is 28.7 Å². The van der Waals surface area contributed by atoms with Crippen LogP contribution in [-0.4, -0.2) is 36.8 Å². The average Bonchev–Trinajstić information content (AvgIpc) is 2.50. The first-order valence-corrected chi connectivity index (χ1v) is 7.18. The molecule has 128 valence electrons. The number of anilines is 1. The fraction of sp³-hybridized carbons (Fsp3) is 0.294. The lowest BCUT2D eigenvalue weighted by Gasteiger charge is -2.07. The van der Waals surface area contributed by atoms with Gasteiger partial charge in [0.2, 0.25) is 5.91 Å². The maximum absolute atomic E-state index is 11.8. The van der Waals surface area contributed by atoms with Gasteiger partial charge in [0.1, 0.15) is 19.0 Å². The molecule has 0 atom stereocenters. The lowest BCUT2D eigenvalue weighted by molar-refractivity contribution is -0.140. The van der Waals surface area contributed by atoms with Crippen LogP contribution in [0.3, 0.4) is 0 Å². The van der Waals surface area contributed by atoms with Gasteiger partial charge in [0.05, 0.1) is 12.0 Å². The van der Waals surface area contributed by atoms with E-state index in [9.17, 15) is 19.2 Å². The van der Waals surface area contributed by atoms with Gasteiger partial charge in [0, 0.05) is 11.3 Å². The van der Waals surface area contributed by atoms with Crippen molar-refractivity contribution in [2.75, 3.05) is 18.5 Å². The summed E-state index contributed by atoms with van der Waals surface area (Å²) in [6.07, 6.45) is -0.202. The topological polar surface area (TPSA) is 98.8 Å². The number of ether oxygens (including phenoxy) is 2. The van der Waals surface area contributed by atoms with Crippen molar-refractivity contribution in [2.24, 2.45) is 0 Å². The Labute approximate surface area is 139 Å². The van der Waals surface area contributed by atoms with E-state index in [1.54, 1.807) is 0 Å². The van der Waals surface area contributed by atoms with E-state index >= 15 is 0 Å². The van der Waals surface area contributed by atoms with Crippen LogP contribution in [0.1, 0.15) is 30.6 Å². The molecule has 1 N–H and O–H groups in total. The standard InChI is InChI=1S/C17H19NO6/c1-11(2)16(21)23-8-9-24-17(22)13-4-6-14(7-5-13)18-15(20)10-12(3)19/h4-7H,1,8-10H2,2-3H3,(H,18,20). The number of hydrogen-bond donors (Lipinski definition) is 1. The van der Waals surface area contributed by atoms with E-state index < -0.39 is 17.8 Å². The molecular formula is C17H19NO6. The molecule has 1 aromatic rings. The van der Waals surface area contributed by atoms with Crippen LogP contribution in [0.2, 0.25) is 0 Å². The van der Waals surface area contributed by atoms with Crippen LogP contribution in [0, 0.1) is 0 Å². The molecule has 0 bridgehead atoms. The van der Waals surface area contributed by atoms with Gasteiger partial charge in [-0.25, -0.2) is 9.59 Å². The SMILES string of the molecule is C=C(C)C(=O)OCCOC(=O)c1ccc(NC(=O)CC(C)=O)cc1. The van der Waals surface area contributed by atoms with Crippen molar-refractivity contribution in [3.05, 3.63) is 42.0 Å². The highest BCUT2D eigenvalue weighted by molar-refractivity contribution is 6.03. The monoisotopic (exact) mass is 333 g/mol. The molecule has 0 spiro atoms. The molecule has 1 aromatic carbocycles. The largest absolute Gasteiger partial charge is 0.459 e. The lowest BCUT2D eigenvalue weighted by Crippen LogP contribution is -2.15. The van der Waals surface area contributed by atoms with Crippen LogP contribution >= 0.6 is 0 Å². The Morgan fingerprint density at radius 1 is 1.00 bits per heavy atom. The smallest absolute Gasteiger partial charge is 0.338 e. The van der Waals surface area contributed by atoms with Crippen molar-refractivity contribution >= 4 is 29.3 Å². The molecule has 1 amide bonds. The normalized spacial score (nSPS) is 9.75. The minimum Gasteiger partial charge on any atom is -0.459 e. The molecule has 0 aliphatic carbocycles.